The van der Waals surface area contributed by atoms with Gasteiger partial charge in [0, 0.05) is 25.6 Å². The zero-order valence-corrected chi connectivity index (χ0v) is 15.2. The van der Waals surface area contributed by atoms with Crippen molar-refractivity contribution in [2.75, 3.05) is 13.1 Å². The van der Waals surface area contributed by atoms with Crippen LogP contribution in [0, 0.1) is 13.8 Å². The zero-order chi connectivity index (χ0) is 17.5. The van der Waals surface area contributed by atoms with Gasteiger partial charge in [0.1, 0.15) is 11.5 Å². The average molecular weight is 334 g/mol. The Morgan fingerprint density at radius 3 is 2.50 bits per heavy atom. The van der Waals surface area contributed by atoms with Gasteiger partial charge < -0.3 is 14.6 Å². The lowest BCUT2D eigenvalue weighted by Crippen LogP contribution is -2.39. The molecule has 0 aromatic carbocycles. The van der Waals surface area contributed by atoms with Crippen molar-refractivity contribution in [3.8, 4) is 0 Å². The highest BCUT2D eigenvalue weighted by molar-refractivity contribution is 5.95. The van der Waals surface area contributed by atoms with Gasteiger partial charge in [-0.3, -0.25) is 9.59 Å². The first-order chi connectivity index (χ1) is 11.5. The van der Waals surface area contributed by atoms with Gasteiger partial charge in [-0.2, -0.15) is 0 Å². The van der Waals surface area contributed by atoms with Crippen LogP contribution in [0.2, 0.25) is 0 Å². The van der Waals surface area contributed by atoms with Gasteiger partial charge >= 0.3 is 0 Å². The summed E-state index contributed by atoms with van der Waals surface area (Å²) in [4.78, 5) is 26.6. The second kappa shape index (κ2) is 8.90. The van der Waals surface area contributed by atoms with Crippen LogP contribution in [-0.4, -0.2) is 35.8 Å². The lowest BCUT2D eigenvalue weighted by atomic mass is 9.95. The van der Waals surface area contributed by atoms with E-state index in [0.717, 1.165) is 25.0 Å². The van der Waals surface area contributed by atoms with Gasteiger partial charge in [0.2, 0.25) is 5.91 Å². The maximum atomic E-state index is 12.7. The Kier molecular flexibility index (Phi) is 6.88. The quantitative estimate of drug-likeness (QED) is 0.829. The lowest BCUT2D eigenvalue weighted by Gasteiger charge is -2.25. The molecule has 0 atom stereocenters. The molecule has 5 heteroatoms. The SMILES string of the molecule is CCCN(CCC(=O)NC1CCCCC1)C(=O)c1cc(C)oc1C. The number of furan rings is 1. The molecule has 1 heterocycles. The van der Waals surface area contributed by atoms with Crippen molar-refractivity contribution < 1.29 is 14.0 Å². The van der Waals surface area contributed by atoms with E-state index in [1.165, 1.54) is 19.3 Å². The summed E-state index contributed by atoms with van der Waals surface area (Å²) < 4.78 is 5.46. The average Bonchev–Trinajstić information content (AvgIpc) is 2.90. The lowest BCUT2D eigenvalue weighted by molar-refractivity contribution is -0.122. The van der Waals surface area contributed by atoms with Crippen LogP contribution in [0.3, 0.4) is 0 Å². The van der Waals surface area contributed by atoms with E-state index in [9.17, 15) is 9.59 Å². The monoisotopic (exact) mass is 334 g/mol. The normalized spacial score (nSPS) is 15.3. The maximum absolute atomic E-state index is 12.7. The van der Waals surface area contributed by atoms with Gasteiger partial charge in [-0.15, -0.1) is 0 Å². The summed E-state index contributed by atoms with van der Waals surface area (Å²) in [5.41, 5.74) is 0.605. The predicted molar refractivity (Wildman–Crippen MR) is 94.0 cm³/mol. The Labute approximate surface area is 144 Å². The maximum Gasteiger partial charge on any atom is 0.257 e. The number of nitrogens with one attached hydrogen (secondary N) is 1. The number of amides is 2. The van der Waals surface area contributed by atoms with E-state index in [0.29, 0.717) is 36.9 Å². The fourth-order valence-electron chi connectivity index (χ4n) is 3.38. The molecule has 2 amide bonds. The van der Waals surface area contributed by atoms with Crippen LogP contribution in [0.4, 0.5) is 0 Å². The minimum Gasteiger partial charge on any atom is -0.466 e. The van der Waals surface area contributed by atoms with Crippen molar-refractivity contribution in [3.63, 3.8) is 0 Å². The van der Waals surface area contributed by atoms with Gasteiger partial charge in [-0.25, -0.2) is 0 Å². The van der Waals surface area contributed by atoms with Crippen molar-refractivity contribution in [2.24, 2.45) is 0 Å². The highest BCUT2D eigenvalue weighted by Gasteiger charge is 2.21. The second-order valence-corrected chi connectivity index (χ2v) is 6.77. The molecule has 1 aromatic rings. The third kappa shape index (κ3) is 5.11. The number of nitrogens with zero attached hydrogens (tertiary/aromatic N) is 1. The van der Waals surface area contributed by atoms with Crippen molar-refractivity contribution in [1.29, 1.82) is 0 Å². The van der Waals surface area contributed by atoms with Crippen molar-refractivity contribution in [1.82, 2.24) is 10.2 Å². The third-order valence-electron chi connectivity index (χ3n) is 4.63. The Balaban J connectivity index is 1.89. The minimum atomic E-state index is -0.0448. The number of aryl methyl sites for hydroxylation is 2. The van der Waals surface area contributed by atoms with E-state index in [-0.39, 0.29) is 11.8 Å². The fraction of sp³-hybridized carbons (Fsp3) is 0.684. The Hall–Kier alpha value is -1.78. The second-order valence-electron chi connectivity index (χ2n) is 6.77. The van der Waals surface area contributed by atoms with Gasteiger partial charge in [-0.05, 0) is 39.2 Å². The first-order valence-electron chi connectivity index (χ1n) is 9.17. The van der Waals surface area contributed by atoms with Crippen LogP contribution >= 0.6 is 0 Å². The smallest absolute Gasteiger partial charge is 0.257 e. The van der Waals surface area contributed by atoms with Gasteiger partial charge in [0.25, 0.3) is 5.91 Å². The van der Waals surface area contributed by atoms with E-state index in [1.54, 1.807) is 17.9 Å². The topological polar surface area (TPSA) is 62.6 Å². The molecule has 0 saturated heterocycles. The molecule has 1 N–H and O–H groups in total. The van der Waals surface area contributed by atoms with Crippen molar-refractivity contribution in [3.05, 3.63) is 23.2 Å². The third-order valence-corrected chi connectivity index (χ3v) is 4.63. The highest BCUT2D eigenvalue weighted by atomic mass is 16.3. The minimum absolute atomic E-state index is 0.0448. The molecule has 1 aromatic heterocycles. The molecule has 2 rings (SSSR count). The molecule has 0 unspecified atom stereocenters. The van der Waals surface area contributed by atoms with Gasteiger partial charge in [0.15, 0.2) is 0 Å². The largest absolute Gasteiger partial charge is 0.466 e. The van der Waals surface area contributed by atoms with Crippen LogP contribution in [0.25, 0.3) is 0 Å². The van der Waals surface area contributed by atoms with Crippen LogP contribution in [-0.2, 0) is 4.79 Å². The van der Waals surface area contributed by atoms with Crippen LogP contribution in [0.1, 0.15) is 73.7 Å². The van der Waals surface area contributed by atoms with Crippen LogP contribution in [0.5, 0.6) is 0 Å². The van der Waals surface area contributed by atoms with E-state index in [4.69, 9.17) is 4.42 Å². The Morgan fingerprint density at radius 1 is 1.21 bits per heavy atom. The molecule has 0 radical (unpaired) electrons. The first kappa shape index (κ1) is 18.6. The molecular formula is C19H30N2O3. The number of hydrogen-bond acceptors (Lipinski definition) is 3. The first-order valence-corrected chi connectivity index (χ1v) is 9.17. The Bertz CT molecular complexity index is 559. The predicted octanol–water partition coefficient (Wildman–Crippen LogP) is 3.59. The molecule has 1 aliphatic carbocycles. The van der Waals surface area contributed by atoms with Crippen LogP contribution in [0.15, 0.2) is 10.5 Å². The van der Waals surface area contributed by atoms with E-state index < -0.39 is 0 Å². The number of hydrogen-bond donors (Lipinski definition) is 1. The van der Waals surface area contributed by atoms with Crippen LogP contribution < -0.4 is 5.32 Å². The summed E-state index contributed by atoms with van der Waals surface area (Å²) in [5, 5.41) is 3.12. The van der Waals surface area contributed by atoms with Crippen molar-refractivity contribution in [2.45, 2.75) is 71.8 Å². The molecule has 134 valence electrons. The van der Waals surface area contributed by atoms with Gasteiger partial charge in [0.05, 0.1) is 5.56 Å². The van der Waals surface area contributed by atoms with E-state index in [1.807, 2.05) is 13.8 Å². The molecule has 0 spiro atoms. The highest BCUT2D eigenvalue weighted by Crippen LogP contribution is 2.18. The molecule has 0 aliphatic heterocycles. The fourth-order valence-corrected chi connectivity index (χ4v) is 3.38. The number of carbonyl (C=O) groups excluding carboxylic acids is 2. The van der Waals surface area contributed by atoms with E-state index >= 15 is 0 Å². The molecule has 24 heavy (non-hydrogen) atoms. The summed E-state index contributed by atoms with van der Waals surface area (Å²) in [6.45, 7) is 6.79. The number of carbonyl (C=O) groups is 2. The molecule has 5 nitrogen and oxygen atoms in total. The molecule has 1 aliphatic rings. The summed E-state index contributed by atoms with van der Waals surface area (Å²) in [6, 6.07) is 2.10. The van der Waals surface area contributed by atoms with Crippen molar-refractivity contribution >= 4 is 11.8 Å². The molecular weight excluding hydrogens is 304 g/mol. The number of rotatable bonds is 7. The Morgan fingerprint density at radius 2 is 1.92 bits per heavy atom. The van der Waals surface area contributed by atoms with Gasteiger partial charge in [-0.1, -0.05) is 26.2 Å². The molecule has 1 fully saturated rings. The summed E-state index contributed by atoms with van der Waals surface area (Å²) in [7, 11) is 0. The summed E-state index contributed by atoms with van der Waals surface area (Å²) in [6.07, 6.45) is 7.06. The molecule has 1 saturated carbocycles. The summed E-state index contributed by atoms with van der Waals surface area (Å²) in [5.74, 6) is 1.39. The standard InChI is InChI=1S/C19H30N2O3/c1-4-11-21(19(23)17-13-14(2)24-15(17)3)12-10-18(22)20-16-8-6-5-7-9-16/h13,16H,4-12H2,1-3H3,(H,20,22). The molecule has 0 bridgehead atoms. The zero-order valence-electron chi connectivity index (χ0n) is 15.2. The summed E-state index contributed by atoms with van der Waals surface area (Å²) >= 11 is 0. The van der Waals surface area contributed by atoms with E-state index in [2.05, 4.69) is 5.32 Å².